The fourth-order valence-electron chi connectivity index (χ4n) is 1.85. The first-order chi connectivity index (χ1) is 8.81. The lowest BCUT2D eigenvalue weighted by Crippen LogP contribution is -2.39. The van der Waals surface area contributed by atoms with E-state index in [9.17, 15) is 18.0 Å². The van der Waals surface area contributed by atoms with Crippen molar-refractivity contribution in [3.63, 3.8) is 0 Å². The van der Waals surface area contributed by atoms with Crippen LogP contribution in [0.5, 0.6) is 0 Å². The van der Waals surface area contributed by atoms with Crippen LogP contribution in [-0.2, 0) is 0 Å². The minimum atomic E-state index is -4.28. The number of nitrogens with zero attached hydrogens (tertiary/aromatic N) is 2. The number of hydrogen-bond acceptors (Lipinski definition) is 4. The molecule has 1 aliphatic rings. The molecule has 0 unspecified atom stereocenters. The first kappa shape index (κ1) is 14.3. The monoisotopic (exact) mass is 292 g/mol. The van der Waals surface area contributed by atoms with E-state index in [1.807, 2.05) is 0 Å². The highest BCUT2D eigenvalue weighted by Gasteiger charge is 2.35. The predicted octanol–water partition coefficient (Wildman–Crippen LogP) is 3.61. The van der Waals surface area contributed by atoms with Crippen molar-refractivity contribution in [2.45, 2.75) is 44.8 Å². The van der Waals surface area contributed by atoms with Crippen LogP contribution in [0.3, 0.4) is 0 Å². The Morgan fingerprint density at radius 1 is 1.47 bits per heavy atom. The van der Waals surface area contributed by atoms with Crippen LogP contribution in [0.1, 0.15) is 48.0 Å². The molecule has 0 N–H and O–H groups in total. The first-order valence-electron chi connectivity index (χ1n) is 6.11. The normalized spacial score (nSPS) is 15.9. The summed E-state index contributed by atoms with van der Waals surface area (Å²) >= 11 is 1.05. The van der Waals surface area contributed by atoms with Gasteiger partial charge >= 0.3 is 6.18 Å². The van der Waals surface area contributed by atoms with Crippen LogP contribution in [0.2, 0.25) is 0 Å². The Balaban J connectivity index is 2.28. The summed E-state index contributed by atoms with van der Waals surface area (Å²) in [5, 5.41) is 0.288. The number of rotatable bonds is 5. The van der Waals surface area contributed by atoms with Gasteiger partial charge in [0.1, 0.15) is 6.54 Å². The summed E-state index contributed by atoms with van der Waals surface area (Å²) in [6.07, 6.45) is -1.66. The SMILES string of the molecule is CC(C)N(CC(F)(F)F)c1nc(C2CC2)c(C=O)s1. The molecule has 1 aromatic rings. The van der Waals surface area contributed by atoms with Crippen molar-refractivity contribution < 1.29 is 18.0 Å². The van der Waals surface area contributed by atoms with E-state index in [0.717, 1.165) is 24.2 Å². The van der Waals surface area contributed by atoms with Crippen LogP contribution in [-0.4, -0.2) is 30.0 Å². The zero-order valence-electron chi connectivity index (χ0n) is 10.7. The number of aromatic nitrogens is 1. The van der Waals surface area contributed by atoms with Crippen molar-refractivity contribution in [1.29, 1.82) is 0 Å². The van der Waals surface area contributed by atoms with Gasteiger partial charge in [0.15, 0.2) is 11.4 Å². The zero-order valence-corrected chi connectivity index (χ0v) is 11.5. The Labute approximate surface area is 113 Å². The molecule has 0 radical (unpaired) electrons. The minimum Gasteiger partial charge on any atom is -0.337 e. The van der Waals surface area contributed by atoms with Crippen LogP contribution in [0.15, 0.2) is 0 Å². The lowest BCUT2D eigenvalue weighted by Gasteiger charge is -2.27. The molecule has 7 heteroatoms. The molecule has 1 aliphatic carbocycles. The number of carbonyl (C=O) groups excluding carboxylic acids is 1. The lowest BCUT2D eigenvalue weighted by atomic mass is 10.3. The van der Waals surface area contributed by atoms with Gasteiger partial charge in [0.2, 0.25) is 0 Å². The van der Waals surface area contributed by atoms with E-state index < -0.39 is 12.7 Å². The topological polar surface area (TPSA) is 33.2 Å². The van der Waals surface area contributed by atoms with E-state index in [-0.39, 0.29) is 17.1 Å². The van der Waals surface area contributed by atoms with Crippen molar-refractivity contribution in [3.8, 4) is 0 Å². The number of thiazole rings is 1. The van der Waals surface area contributed by atoms with Crippen molar-refractivity contribution in [3.05, 3.63) is 10.6 Å². The fourth-order valence-corrected chi connectivity index (χ4v) is 2.95. The van der Waals surface area contributed by atoms with Gasteiger partial charge in [-0.2, -0.15) is 13.2 Å². The molecule has 19 heavy (non-hydrogen) atoms. The molecule has 1 aromatic heterocycles. The van der Waals surface area contributed by atoms with Crippen molar-refractivity contribution in [1.82, 2.24) is 4.98 Å². The maximum Gasteiger partial charge on any atom is 0.406 e. The third-order valence-corrected chi connectivity index (χ3v) is 3.99. The molecular weight excluding hydrogens is 277 g/mol. The van der Waals surface area contributed by atoms with Crippen LogP contribution in [0, 0.1) is 0 Å². The molecule has 0 aliphatic heterocycles. The quantitative estimate of drug-likeness (QED) is 0.777. The summed E-state index contributed by atoms with van der Waals surface area (Å²) in [5.41, 5.74) is 0.669. The number of anilines is 1. The molecule has 0 bridgehead atoms. The molecule has 1 saturated carbocycles. The molecule has 1 heterocycles. The molecule has 0 spiro atoms. The van der Waals surface area contributed by atoms with Gasteiger partial charge in [0.05, 0.1) is 10.6 Å². The van der Waals surface area contributed by atoms with Gasteiger partial charge in [-0.05, 0) is 26.7 Å². The summed E-state index contributed by atoms with van der Waals surface area (Å²) in [6.45, 7) is 2.33. The Morgan fingerprint density at radius 3 is 2.53 bits per heavy atom. The number of aldehydes is 1. The average Bonchev–Trinajstić information content (AvgIpc) is 3.04. The van der Waals surface area contributed by atoms with E-state index in [4.69, 9.17) is 0 Å². The highest BCUT2D eigenvalue weighted by atomic mass is 32.1. The van der Waals surface area contributed by atoms with Gasteiger partial charge in [-0.1, -0.05) is 11.3 Å². The second kappa shape index (κ2) is 5.11. The molecule has 2 rings (SSSR count). The number of hydrogen-bond donors (Lipinski definition) is 0. The average molecular weight is 292 g/mol. The summed E-state index contributed by atoms with van der Waals surface area (Å²) < 4.78 is 37.7. The van der Waals surface area contributed by atoms with Gasteiger partial charge in [-0.25, -0.2) is 4.98 Å². The van der Waals surface area contributed by atoms with Gasteiger partial charge in [-0.3, -0.25) is 4.79 Å². The third-order valence-electron chi connectivity index (χ3n) is 2.96. The Morgan fingerprint density at radius 2 is 2.11 bits per heavy atom. The second-order valence-corrected chi connectivity index (χ2v) is 5.98. The highest BCUT2D eigenvalue weighted by molar-refractivity contribution is 7.17. The number of carbonyl (C=O) groups is 1. The van der Waals surface area contributed by atoms with E-state index in [0.29, 0.717) is 16.9 Å². The van der Waals surface area contributed by atoms with Crippen LogP contribution in [0.4, 0.5) is 18.3 Å². The first-order valence-corrected chi connectivity index (χ1v) is 6.92. The molecule has 0 atom stereocenters. The van der Waals surface area contributed by atoms with Gasteiger partial charge in [-0.15, -0.1) is 0 Å². The van der Waals surface area contributed by atoms with E-state index >= 15 is 0 Å². The van der Waals surface area contributed by atoms with E-state index in [2.05, 4.69) is 4.98 Å². The molecule has 0 aromatic carbocycles. The van der Waals surface area contributed by atoms with Gasteiger partial charge < -0.3 is 4.90 Å². The maximum absolute atomic E-state index is 12.6. The molecule has 0 saturated heterocycles. The summed E-state index contributed by atoms with van der Waals surface area (Å²) in [6, 6.07) is -0.320. The lowest BCUT2D eigenvalue weighted by molar-refractivity contribution is -0.120. The Kier molecular flexibility index (Phi) is 3.85. The summed E-state index contributed by atoms with van der Waals surface area (Å²) in [4.78, 5) is 16.9. The largest absolute Gasteiger partial charge is 0.406 e. The zero-order chi connectivity index (χ0) is 14.2. The van der Waals surface area contributed by atoms with Crippen molar-refractivity contribution >= 4 is 22.8 Å². The van der Waals surface area contributed by atoms with E-state index in [1.165, 1.54) is 4.90 Å². The van der Waals surface area contributed by atoms with E-state index in [1.54, 1.807) is 13.8 Å². The van der Waals surface area contributed by atoms with Crippen molar-refractivity contribution in [2.75, 3.05) is 11.4 Å². The minimum absolute atomic E-state index is 0.255. The number of alkyl halides is 3. The van der Waals surface area contributed by atoms with Crippen LogP contribution in [0.25, 0.3) is 0 Å². The smallest absolute Gasteiger partial charge is 0.337 e. The highest BCUT2D eigenvalue weighted by Crippen LogP contribution is 2.44. The summed E-state index contributed by atoms with van der Waals surface area (Å²) in [7, 11) is 0. The fraction of sp³-hybridized carbons (Fsp3) is 0.667. The number of halogens is 3. The van der Waals surface area contributed by atoms with Crippen LogP contribution >= 0.6 is 11.3 Å². The van der Waals surface area contributed by atoms with Gasteiger partial charge in [0, 0.05) is 12.0 Å². The molecule has 0 amide bonds. The molecular formula is C12H15F3N2OS. The third kappa shape index (κ3) is 3.46. The molecule has 1 fully saturated rings. The molecule has 106 valence electrons. The Bertz CT molecular complexity index is 466. The predicted molar refractivity (Wildman–Crippen MR) is 68.0 cm³/mol. The molecule has 3 nitrogen and oxygen atoms in total. The summed E-state index contributed by atoms with van der Waals surface area (Å²) in [5.74, 6) is 0.255. The van der Waals surface area contributed by atoms with Crippen LogP contribution < -0.4 is 4.90 Å². The second-order valence-electron chi connectivity index (χ2n) is 4.97. The standard InChI is InChI=1S/C12H15F3N2OS/c1-7(2)17(6-12(13,14)15)11-16-10(8-3-4-8)9(5-18)19-11/h5,7-8H,3-4,6H2,1-2H3. The van der Waals surface area contributed by atoms with Gasteiger partial charge in [0.25, 0.3) is 0 Å². The Hall–Kier alpha value is -1.11. The van der Waals surface area contributed by atoms with Crippen molar-refractivity contribution in [2.24, 2.45) is 0 Å². The maximum atomic E-state index is 12.6.